The second-order valence-corrected chi connectivity index (χ2v) is 5.98. The third kappa shape index (κ3) is 5.23. The summed E-state index contributed by atoms with van der Waals surface area (Å²) in [5.74, 6) is 1.97. The van der Waals surface area contributed by atoms with E-state index in [1.54, 1.807) is 0 Å². The first kappa shape index (κ1) is 14.4. The average molecular weight is 261 g/mol. The first-order valence-electron chi connectivity index (χ1n) is 7.66. The molecule has 0 heterocycles. The van der Waals surface area contributed by atoms with Gasteiger partial charge in [-0.1, -0.05) is 31.9 Å². The average Bonchev–Trinajstić information content (AvgIpc) is 3.18. The maximum atomic E-state index is 5.73. The van der Waals surface area contributed by atoms with Gasteiger partial charge in [0.05, 0.1) is 6.10 Å². The molecular formula is C17H27NO. The third-order valence-corrected chi connectivity index (χ3v) is 3.67. The van der Waals surface area contributed by atoms with Crippen LogP contribution in [0.2, 0.25) is 0 Å². The number of rotatable bonds is 8. The predicted octanol–water partition coefficient (Wildman–Crippen LogP) is 4.14. The number of ether oxygens (including phenoxy) is 1. The first-order valence-corrected chi connectivity index (χ1v) is 7.66. The van der Waals surface area contributed by atoms with Crippen molar-refractivity contribution in [2.24, 2.45) is 5.92 Å². The molecule has 1 aromatic carbocycles. The molecule has 1 aliphatic carbocycles. The molecular weight excluding hydrogens is 234 g/mol. The minimum atomic E-state index is 0.237. The molecule has 19 heavy (non-hydrogen) atoms. The van der Waals surface area contributed by atoms with Crippen LogP contribution in [0.3, 0.4) is 0 Å². The summed E-state index contributed by atoms with van der Waals surface area (Å²) in [5, 5.41) is 3.68. The van der Waals surface area contributed by atoms with E-state index in [-0.39, 0.29) is 6.10 Å². The van der Waals surface area contributed by atoms with E-state index >= 15 is 0 Å². The van der Waals surface area contributed by atoms with Crippen molar-refractivity contribution in [3.63, 3.8) is 0 Å². The Labute approximate surface area is 117 Å². The highest BCUT2D eigenvalue weighted by Gasteiger charge is 2.24. The van der Waals surface area contributed by atoms with E-state index in [1.807, 2.05) is 6.07 Å². The van der Waals surface area contributed by atoms with Gasteiger partial charge in [0.25, 0.3) is 0 Å². The van der Waals surface area contributed by atoms with Crippen LogP contribution in [-0.4, -0.2) is 12.1 Å². The van der Waals surface area contributed by atoms with Crippen molar-refractivity contribution in [2.75, 3.05) is 0 Å². The molecule has 0 saturated heterocycles. The van der Waals surface area contributed by atoms with Crippen molar-refractivity contribution in [3.8, 4) is 5.75 Å². The molecule has 2 nitrogen and oxygen atoms in total. The molecule has 0 spiro atoms. The molecule has 1 N–H and O–H groups in total. The van der Waals surface area contributed by atoms with Crippen LogP contribution >= 0.6 is 0 Å². The quantitative estimate of drug-likeness (QED) is 0.759. The second-order valence-electron chi connectivity index (χ2n) is 5.98. The van der Waals surface area contributed by atoms with Crippen molar-refractivity contribution < 1.29 is 4.74 Å². The molecule has 0 bridgehead atoms. The molecule has 1 aliphatic rings. The van der Waals surface area contributed by atoms with Crippen molar-refractivity contribution in [2.45, 2.75) is 65.1 Å². The lowest BCUT2D eigenvalue weighted by Crippen LogP contribution is -2.28. The fourth-order valence-electron chi connectivity index (χ4n) is 2.41. The minimum Gasteiger partial charge on any atom is -0.491 e. The number of benzene rings is 1. The van der Waals surface area contributed by atoms with Gasteiger partial charge in [0, 0.05) is 12.6 Å². The monoisotopic (exact) mass is 261 g/mol. The van der Waals surface area contributed by atoms with E-state index < -0.39 is 0 Å². The Hall–Kier alpha value is -1.02. The van der Waals surface area contributed by atoms with E-state index in [2.05, 4.69) is 44.3 Å². The number of hydrogen-bond donors (Lipinski definition) is 1. The van der Waals surface area contributed by atoms with E-state index in [0.29, 0.717) is 6.04 Å². The summed E-state index contributed by atoms with van der Waals surface area (Å²) >= 11 is 0. The van der Waals surface area contributed by atoms with Gasteiger partial charge in [0.1, 0.15) is 5.75 Å². The fraction of sp³-hybridized carbons (Fsp3) is 0.647. The molecule has 1 fully saturated rings. The highest BCUT2D eigenvalue weighted by Crippen LogP contribution is 2.34. The molecule has 0 aromatic heterocycles. The van der Waals surface area contributed by atoms with Crippen LogP contribution in [0.4, 0.5) is 0 Å². The van der Waals surface area contributed by atoms with Gasteiger partial charge in [-0.3, -0.25) is 0 Å². The van der Waals surface area contributed by atoms with Crippen molar-refractivity contribution in [3.05, 3.63) is 29.8 Å². The lowest BCUT2D eigenvalue weighted by molar-refractivity contribution is 0.242. The van der Waals surface area contributed by atoms with E-state index in [9.17, 15) is 0 Å². The van der Waals surface area contributed by atoms with Crippen LogP contribution in [0.5, 0.6) is 5.75 Å². The Balaban J connectivity index is 1.83. The lowest BCUT2D eigenvalue weighted by atomic mass is 10.1. The van der Waals surface area contributed by atoms with Gasteiger partial charge in [-0.2, -0.15) is 0 Å². The lowest BCUT2D eigenvalue weighted by Gasteiger charge is -2.17. The first-order chi connectivity index (χ1) is 9.17. The molecule has 1 saturated carbocycles. The van der Waals surface area contributed by atoms with Crippen molar-refractivity contribution in [1.82, 2.24) is 5.32 Å². The van der Waals surface area contributed by atoms with Gasteiger partial charge < -0.3 is 10.1 Å². The van der Waals surface area contributed by atoms with Gasteiger partial charge in [-0.25, -0.2) is 0 Å². The second kappa shape index (κ2) is 6.95. The topological polar surface area (TPSA) is 21.3 Å². The van der Waals surface area contributed by atoms with Crippen LogP contribution < -0.4 is 10.1 Å². The Morgan fingerprint density at radius 1 is 1.32 bits per heavy atom. The maximum absolute atomic E-state index is 5.73. The van der Waals surface area contributed by atoms with Crippen molar-refractivity contribution >= 4 is 0 Å². The standard InChI is InChI=1S/C17H27NO/c1-4-16(10-14-8-9-14)18-12-15-6-5-7-17(11-15)19-13(2)3/h5-7,11,13-14,16,18H,4,8-10,12H2,1-3H3. The van der Waals surface area contributed by atoms with Crippen LogP contribution in [0.15, 0.2) is 24.3 Å². The summed E-state index contributed by atoms with van der Waals surface area (Å²) in [6.07, 6.45) is 5.69. The summed E-state index contributed by atoms with van der Waals surface area (Å²) in [7, 11) is 0. The third-order valence-electron chi connectivity index (χ3n) is 3.67. The normalized spacial score (nSPS) is 16.6. The zero-order valence-electron chi connectivity index (χ0n) is 12.5. The van der Waals surface area contributed by atoms with Gasteiger partial charge in [-0.05, 0) is 50.3 Å². The molecule has 0 amide bonds. The van der Waals surface area contributed by atoms with Gasteiger partial charge >= 0.3 is 0 Å². The SMILES string of the molecule is CCC(CC1CC1)NCc1cccc(OC(C)C)c1. The van der Waals surface area contributed by atoms with Gasteiger partial charge in [0.2, 0.25) is 0 Å². The molecule has 2 heteroatoms. The number of nitrogens with one attached hydrogen (secondary N) is 1. The molecule has 0 aliphatic heterocycles. The number of hydrogen-bond acceptors (Lipinski definition) is 2. The van der Waals surface area contributed by atoms with Crippen LogP contribution in [0.1, 0.15) is 52.0 Å². The Kier molecular flexibility index (Phi) is 5.26. The minimum absolute atomic E-state index is 0.237. The molecule has 1 atom stereocenters. The van der Waals surface area contributed by atoms with Crippen LogP contribution in [0.25, 0.3) is 0 Å². The van der Waals surface area contributed by atoms with Gasteiger partial charge in [-0.15, -0.1) is 0 Å². The summed E-state index contributed by atoms with van der Waals surface area (Å²) in [6, 6.07) is 9.10. The Morgan fingerprint density at radius 3 is 2.74 bits per heavy atom. The van der Waals surface area contributed by atoms with Crippen LogP contribution in [0, 0.1) is 5.92 Å². The van der Waals surface area contributed by atoms with Crippen LogP contribution in [-0.2, 0) is 6.54 Å². The zero-order valence-corrected chi connectivity index (χ0v) is 12.5. The summed E-state index contributed by atoms with van der Waals surface area (Å²) < 4.78 is 5.73. The van der Waals surface area contributed by atoms with E-state index in [1.165, 1.54) is 31.2 Å². The molecule has 2 rings (SSSR count). The molecule has 0 radical (unpaired) electrons. The maximum Gasteiger partial charge on any atom is 0.120 e. The summed E-state index contributed by atoms with van der Waals surface area (Å²) in [4.78, 5) is 0. The molecule has 106 valence electrons. The summed E-state index contributed by atoms with van der Waals surface area (Å²) in [6.45, 7) is 7.35. The zero-order chi connectivity index (χ0) is 13.7. The molecule has 1 aromatic rings. The smallest absolute Gasteiger partial charge is 0.120 e. The Bertz CT molecular complexity index is 385. The van der Waals surface area contributed by atoms with E-state index in [4.69, 9.17) is 4.74 Å². The highest BCUT2D eigenvalue weighted by molar-refractivity contribution is 5.28. The highest BCUT2D eigenvalue weighted by atomic mass is 16.5. The predicted molar refractivity (Wildman–Crippen MR) is 80.5 cm³/mol. The Morgan fingerprint density at radius 2 is 2.11 bits per heavy atom. The van der Waals surface area contributed by atoms with Crippen molar-refractivity contribution in [1.29, 1.82) is 0 Å². The largest absolute Gasteiger partial charge is 0.491 e. The molecule has 1 unspecified atom stereocenters. The summed E-state index contributed by atoms with van der Waals surface area (Å²) in [5.41, 5.74) is 1.31. The van der Waals surface area contributed by atoms with E-state index in [0.717, 1.165) is 18.2 Å². The van der Waals surface area contributed by atoms with Gasteiger partial charge in [0.15, 0.2) is 0 Å². The fourth-order valence-corrected chi connectivity index (χ4v) is 2.41.